The molecule has 1 fully saturated rings. The molecule has 16 heavy (non-hydrogen) atoms. The summed E-state index contributed by atoms with van der Waals surface area (Å²) in [7, 11) is 0. The Bertz CT molecular complexity index is 459. The minimum Gasteiger partial charge on any atom is -0.478 e. The lowest BCUT2D eigenvalue weighted by molar-refractivity contribution is -0.131. The number of rotatable bonds is 3. The van der Waals surface area contributed by atoms with Gasteiger partial charge in [0.15, 0.2) is 0 Å². The van der Waals surface area contributed by atoms with E-state index in [0.717, 1.165) is 24.0 Å². The highest BCUT2D eigenvalue weighted by molar-refractivity contribution is 6.32. The molecule has 0 amide bonds. The van der Waals surface area contributed by atoms with E-state index in [2.05, 4.69) is 6.92 Å². The summed E-state index contributed by atoms with van der Waals surface area (Å²) in [5.74, 6) is -0.914. The minimum atomic E-state index is -0.914. The van der Waals surface area contributed by atoms with E-state index in [1.54, 1.807) is 6.07 Å². The smallest absolute Gasteiger partial charge is 0.328 e. The van der Waals surface area contributed by atoms with Crippen molar-refractivity contribution in [3.05, 3.63) is 40.9 Å². The number of carboxylic acids is 1. The fraction of sp³-hybridized carbons (Fsp3) is 0.308. The number of aliphatic carboxylic acids is 1. The summed E-state index contributed by atoms with van der Waals surface area (Å²) in [4.78, 5) is 10.8. The van der Waals surface area contributed by atoms with Crippen LogP contribution >= 0.6 is 11.6 Å². The van der Waals surface area contributed by atoms with Gasteiger partial charge in [-0.05, 0) is 35.5 Å². The second-order valence-corrected chi connectivity index (χ2v) is 4.84. The molecule has 1 aliphatic rings. The standard InChI is InChI=1S/C13H13ClO2/c1-13(6-7-13)10(8-12(15)16)9-4-2-3-5-11(9)14/h2-5,8H,6-7H2,1H3,(H,15,16)/b10-8-. The van der Waals surface area contributed by atoms with Crippen molar-refractivity contribution in [2.75, 3.05) is 0 Å². The molecule has 0 saturated heterocycles. The number of halogens is 1. The molecule has 0 atom stereocenters. The number of carboxylic acid groups (broad SMARTS) is 1. The van der Waals surface area contributed by atoms with Crippen molar-refractivity contribution in [2.45, 2.75) is 19.8 Å². The van der Waals surface area contributed by atoms with Gasteiger partial charge in [-0.1, -0.05) is 36.7 Å². The number of carbonyl (C=O) groups is 1. The molecular formula is C13H13ClO2. The van der Waals surface area contributed by atoms with E-state index in [-0.39, 0.29) is 5.41 Å². The molecule has 1 saturated carbocycles. The molecule has 1 aromatic rings. The van der Waals surface area contributed by atoms with Gasteiger partial charge in [-0.3, -0.25) is 0 Å². The average molecular weight is 237 g/mol. The molecule has 0 radical (unpaired) electrons. The largest absolute Gasteiger partial charge is 0.478 e. The Morgan fingerprint density at radius 1 is 1.44 bits per heavy atom. The molecule has 0 spiro atoms. The highest BCUT2D eigenvalue weighted by Gasteiger charge is 2.42. The maximum absolute atomic E-state index is 10.8. The lowest BCUT2D eigenvalue weighted by Crippen LogP contribution is -2.02. The fourth-order valence-corrected chi connectivity index (χ4v) is 2.07. The van der Waals surface area contributed by atoms with Crippen LogP contribution in [0.15, 0.2) is 30.3 Å². The van der Waals surface area contributed by atoms with Gasteiger partial charge >= 0.3 is 5.97 Å². The number of allylic oxidation sites excluding steroid dienone is 1. The molecule has 1 aromatic carbocycles. The van der Waals surface area contributed by atoms with Gasteiger partial charge in [0.1, 0.15) is 0 Å². The van der Waals surface area contributed by atoms with Crippen LogP contribution in [0.25, 0.3) is 5.57 Å². The zero-order chi connectivity index (χ0) is 11.8. The van der Waals surface area contributed by atoms with Crippen LogP contribution in [-0.2, 0) is 4.79 Å². The number of hydrogen-bond acceptors (Lipinski definition) is 1. The third-order valence-corrected chi connectivity index (χ3v) is 3.41. The summed E-state index contributed by atoms with van der Waals surface area (Å²) >= 11 is 6.10. The minimum absolute atomic E-state index is 0.0105. The van der Waals surface area contributed by atoms with Crippen LogP contribution in [0.1, 0.15) is 25.3 Å². The Kier molecular flexibility index (Phi) is 2.76. The molecule has 1 aliphatic carbocycles. The van der Waals surface area contributed by atoms with E-state index in [1.807, 2.05) is 18.2 Å². The zero-order valence-electron chi connectivity index (χ0n) is 9.03. The molecule has 0 heterocycles. The van der Waals surface area contributed by atoms with Gasteiger partial charge in [-0.15, -0.1) is 0 Å². The summed E-state index contributed by atoms with van der Waals surface area (Å²) in [6.07, 6.45) is 3.34. The van der Waals surface area contributed by atoms with Crippen LogP contribution in [0.5, 0.6) is 0 Å². The van der Waals surface area contributed by atoms with Crippen molar-refractivity contribution in [3.63, 3.8) is 0 Å². The van der Waals surface area contributed by atoms with E-state index in [9.17, 15) is 4.79 Å². The molecule has 2 rings (SSSR count). The van der Waals surface area contributed by atoms with Crippen LogP contribution in [0, 0.1) is 5.41 Å². The summed E-state index contributed by atoms with van der Waals surface area (Å²) in [5, 5.41) is 9.52. The zero-order valence-corrected chi connectivity index (χ0v) is 9.79. The van der Waals surface area contributed by atoms with Gasteiger partial charge < -0.3 is 5.11 Å². The molecule has 1 N–H and O–H groups in total. The molecule has 2 nitrogen and oxygen atoms in total. The lowest BCUT2D eigenvalue weighted by atomic mass is 9.91. The Hall–Kier alpha value is -1.28. The molecule has 0 aliphatic heterocycles. The first-order valence-electron chi connectivity index (χ1n) is 5.23. The number of benzene rings is 1. The molecule has 84 valence electrons. The average Bonchev–Trinajstić information content (AvgIpc) is 2.95. The van der Waals surface area contributed by atoms with Crippen molar-refractivity contribution in [1.82, 2.24) is 0 Å². The molecule has 0 aromatic heterocycles. The van der Waals surface area contributed by atoms with Gasteiger partial charge in [0.2, 0.25) is 0 Å². The van der Waals surface area contributed by atoms with Crippen LogP contribution < -0.4 is 0 Å². The maximum Gasteiger partial charge on any atom is 0.328 e. The molecule has 0 bridgehead atoms. The van der Waals surface area contributed by atoms with Crippen molar-refractivity contribution < 1.29 is 9.90 Å². The van der Waals surface area contributed by atoms with Crippen LogP contribution in [0.4, 0.5) is 0 Å². The first-order valence-corrected chi connectivity index (χ1v) is 5.61. The summed E-state index contributed by atoms with van der Waals surface area (Å²) < 4.78 is 0. The summed E-state index contributed by atoms with van der Waals surface area (Å²) in [6, 6.07) is 7.39. The van der Waals surface area contributed by atoms with E-state index in [0.29, 0.717) is 5.02 Å². The van der Waals surface area contributed by atoms with Gasteiger partial charge in [0.05, 0.1) is 0 Å². The van der Waals surface area contributed by atoms with Crippen molar-refractivity contribution in [1.29, 1.82) is 0 Å². The van der Waals surface area contributed by atoms with Crippen molar-refractivity contribution in [2.24, 2.45) is 5.41 Å². The number of hydrogen-bond donors (Lipinski definition) is 1. The fourth-order valence-electron chi connectivity index (χ4n) is 1.84. The first-order chi connectivity index (χ1) is 7.53. The monoisotopic (exact) mass is 236 g/mol. The lowest BCUT2D eigenvalue weighted by Gasteiger charge is -2.15. The second kappa shape index (κ2) is 3.95. The predicted octanol–water partition coefficient (Wildman–Crippen LogP) is 3.61. The second-order valence-electron chi connectivity index (χ2n) is 4.44. The summed E-state index contributed by atoms with van der Waals surface area (Å²) in [5.41, 5.74) is 1.67. The van der Waals surface area contributed by atoms with Crippen molar-refractivity contribution >= 4 is 23.1 Å². The predicted molar refractivity (Wildman–Crippen MR) is 64.4 cm³/mol. The van der Waals surface area contributed by atoms with E-state index in [4.69, 9.17) is 16.7 Å². The van der Waals surface area contributed by atoms with E-state index >= 15 is 0 Å². The van der Waals surface area contributed by atoms with Crippen LogP contribution in [-0.4, -0.2) is 11.1 Å². The quantitative estimate of drug-likeness (QED) is 0.814. The van der Waals surface area contributed by atoms with E-state index in [1.165, 1.54) is 6.08 Å². The normalized spacial score (nSPS) is 18.2. The topological polar surface area (TPSA) is 37.3 Å². The van der Waals surface area contributed by atoms with Gasteiger partial charge in [0.25, 0.3) is 0 Å². The van der Waals surface area contributed by atoms with Gasteiger partial charge in [0, 0.05) is 11.1 Å². The van der Waals surface area contributed by atoms with E-state index < -0.39 is 5.97 Å². The third kappa shape index (κ3) is 2.12. The Morgan fingerprint density at radius 3 is 2.56 bits per heavy atom. The SMILES string of the molecule is CC1(/C(=C\C(=O)O)c2ccccc2Cl)CC1. The highest BCUT2D eigenvalue weighted by Crippen LogP contribution is 2.55. The van der Waals surface area contributed by atoms with Gasteiger partial charge in [-0.25, -0.2) is 4.79 Å². The Balaban J connectivity index is 2.49. The first kappa shape index (κ1) is 11.2. The Labute approximate surface area is 99.5 Å². The molecule has 3 heteroatoms. The highest BCUT2D eigenvalue weighted by atomic mass is 35.5. The molecular weight excluding hydrogens is 224 g/mol. The maximum atomic E-state index is 10.8. The van der Waals surface area contributed by atoms with Crippen molar-refractivity contribution in [3.8, 4) is 0 Å². The van der Waals surface area contributed by atoms with Gasteiger partial charge in [-0.2, -0.15) is 0 Å². The van der Waals surface area contributed by atoms with Crippen LogP contribution in [0.3, 0.4) is 0 Å². The Morgan fingerprint density at radius 2 is 2.06 bits per heavy atom. The third-order valence-electron chi connectivity index (χ3n) is 3.08. The molecule has 0 unspecified atom stereocenters. The van der Waals surface area contributed by atoms with Crippen LogP contribution in [0.2, 0.25) is 5.02 Å². The summed E-state index contributed by atoms with van der Waals surface area (Å²) in [6.45, 7) is 2.07.